The van der Waals surface area contributed by atoms with Gasteiger partial charge in [0.1, 0.15) is 15.6 Å². The van der Waals surface area contributed by atoms with Gasteiger partial charge in [0.2, 0.25) is 0 Å². The van der Waals surface area contributed by atoms with E-state index in [1.807, 2.05) is 31.2 Å². The number of aromatic nitrogens is 1. The van der Waals surface area contributed by atoms with Crippen molar-refractivity contribution in [2.45, 2.75) is 19.8 Å². The van der Waals surface area contributed by atoms with Crippen molar-refractivity contribution in [3.63, 3.8) is 0 Å². The Kier molecular flexibility index (Phi) is 10.0. The number of halogens is 4. The topological polar surface area (TPSA) is 77.2 Å². The molecule has 2 rings (SSSR count). The lowest BCUT2D eigenvalue weighted by Crippen LogP contribution is -2.41. The van der Waals surface area contributed by atoms with Crippen molar-refractivity contribution < 1.29 is 18.3 Å². The zero-order chi connectivity index (χ0) is 17.7. The van der Waals surface area contributed by atoms with Crippen LogP contribution in [0.15, 0.2) is 24.3 Å². The Labute approximate surface area is 167 Å². The normalized spacial score (nSPS) is 10.5. The van der Waals surface area contributed by atoms with E-state index in [2.05, 4.69) is 10.3 Å². The molecule has 0 saturated heterocycles. The Balaban J connectivity index is 0.00000312. The monoisotopic (exact) mass is 427 g/mol. The molecule has 1 aromatic carbocycles. The van der Waals surface area contributed by atoms with E-state index in [9.17, 15) is 13.6 Å². The predicted molar refractivity (Wildman–Crippen MR) is 104 cm³/mol. The average Bonchev–Trinajstić information content (AvgIpc) is 2.96. The molecule has 0 radical (unpaired) electrons. The first-order chi connectivity index (χ1) is 11.4. The Bertz CT molecular complexity index is 712. The van der Waals surface area contributed by atoms with Crippen molar-refractivity contribution in [2.75, 3.05) is 19.7 Å². The standard InChI is InChI=1S/C16H19F2N3O2S.2ClH/c1-3-23-12-6-4-11(5-7-12)15-21-10(2)13(24-15)14(22)20-9-16(17,18)8-19;;/h4-7H,3,8-9,19H2,1-2H3,(H,20,22);2*1H. The smallest absolute Gasteiger partial charge is 0.277 e. The van der Waals surface area contributed by atoms with E-state index >= 15 is 0 Å². The Morgan fingerprint density at radius 3 is 2.46 bits per heavy atom. The molecule has 2 aromatic rings. The van der Waals surface area contributed by atoms with Gasteiger partial charge in [0.05, 0.1) is 25.4 Å². The Morgan fingerprint density at radius 1 is 1.31 bits per heavy atom. The molecule has 0 saturated carbocycles. The molecule has 0 aliphatic heterocycles. The number of rotatable bonds is 7. The van der Waals surface area contributed by atoms with E-state index in [-0.39, 0.29) is 24.8 Å². The molecule has 0 spiro atoms. The minimum atomic E-state index is -3.12. The highest BCUT2D eigenvalue weighted by molar-refractivity contribution is 7.17. The predicted octanol–water partition coefficient (Wildman–Crippen LogP) is 3.68. The van der Waals surface area contributed by atoms with E-state index < -0.39 is 24.9 Å². The molecule has 0 unspecified atom stereocenters. The first-order valence-corrected chi connectivity index (χ1v) is 8.24. The first kappa shape index (κ1) is 24.5. The number of hydrogen-bond donors (Lipinski definition) is 2. The van der Waals surface area contributed by atoms with Crippen LogP contribution in [0, 0.1) is 6.92 Å². The maximum atomic E-state index is 13.1. The van der Waals surface area contributed by atoms with E-state index in [1.165, 1.54) is 0 Å². The van der Waals surface area contributed by atoms with Crippen molar-refractivity contribution in [3.8, 4) is 16.3 Å². The summed E-state index contributed by atoms with van der Waals surface area (Å²) in [5, 5.41) is 2.85. The number of carbonyl (C=O) groups is 1. The molecule has 1 amide bonds. The van der Waals surface area contributed by atoms with E-state index in [0.717, 1.165) is 22.6 Å². The summed E-state index contributed by atoms with van der Waals surface area (Å²) in [5.74, 6) is -2.95. The number of nitrogens with zero attached hydrogens (tertiary/aromatic N) is 1. The lowest BCUT2D eigenvalue weighted by atomic mass is 10.2. The zero-order valence-corrected chi connectivity index (χ0v) is 16.7. The van der Waals surface area contributed by atoms with Gasteiger partial charge in [-0.1, -0.05) is 0 Å². The lowest BCUT2D eigenvalue weighted by molar-refractivity contribution is 0.0119. The number of nitrogens with one attached hydrogen (secondary N) is 1. The van der Waals surface area contributed by atoms with Crippen LogP contribution in [0.1, 0.15) is 22.3 Å². The van der Waals surface area contributed by atoms with Crippen LogP contribution >= 0.6 is 36.2 Å². The molecule has 1 aromatic heterocycles. The van der Waals surface area contributed by atoms with Crippen molar-refractivity contribution in [3.05, 3.63) is 34.8 Å². The van der Waals surface area contributed by atoms with Crippen LogP contribution in [0.4, 0.5) is 8.78 Å². The number of alkyl halides is 2. The summed E-state index contributed by atoms with van der Waals surface area (Å²) >= 11 is 1.16. The SMILES string of the molecule is CCOc1ccc(-c2nc(C)c(C(=O)NCC(F)(F)CN)s2)cc1.Cl.Cl. The Morgan fingerprint density at radius 2 is 1.92 bits per heavy atom. The highest BCUT2D eigenvalue weighted by Gasteiger charge is 2.28. The fourth-order valence-corrected chi connectivity index (χ4v) is 2.94. The molecule has 0 bridgehead atoms. The van der Waals surface area contributed by atoms with Gasteiger partial charge in [-0.3, -0.25) is 4.79 Å². The number of ether oxygens (including phenoxy) is 1. The number of benzene rings is 1. The second-order valence-electron chi connectivity index (χ2n) is 5.13. The van der Waals surface area contributed by atoms with Crippen LogP contribution in [0.3, 0.4) is 0 Å². The second-order valence-corrected chi connectivity index (χ2v) is 6.13. The molecule has 3 N–H and O–H groups in total. The van der Waals surface area contributed by atoms with Gasteiger partial charge in [0.25, 0.3) is 11.8 Å². The summed E-state index contributed by atoms with van der Waals surface area (Å²) in [6.45, 7) is 2.54. The first-order valence-electron chi connectivity index (χ1n) is 7.43. The molecule has 1 heterocycles. The molecule has 26 heavy (non-hydrogen) atoms. The fraction of sp³-hybridized carbons (Fsp3) is 0.375. The molecule has 10 heteroatoms. The lowest BCUT2D eigenvalue weighted by Gasteiger charge is -2.13. The van der Waals surface area contributed by atoms with Crippen molar-refractivity contribution in [2.24, 2.45) is 5.73 Å². The van der Waals surface area contributed by atoms with E-state index in [0.29, 0.717) is 22.2 Å². The number of aryl methyl sites for hydroxylation is 1. The molecule has 146 valence electrons. The number of thiazole rings is 1. The number of amides is 1. The number of nitrogens with two attached hydrogens (primary N) is 1. The minimum absolute atomic E-state index is 0. The quantitative estimate of drug-likeness (QED) is 0.706. The molecule has 0 aliphatic carbocycles. The highest BCUT2D eigenvalue weighted by atomic mass is 35.5. The summed E-state index contributed by atoms with van der Waals surface area (Å²) in [6, 6.07) is 7.31. The van der Waals surface area contributed by atoms with E-state index in [4.69, 9.17) is 10.5 Å². The van der Waals surface area contributed by atoms with E-state index in [1.54, 1.807) is 6.92 Å². The molecule has 0 atom stereocenters. The van der Waals surface area contributed by atoms with Gasteiger partial charge >= 0.3 is 0 Å². The third-order valence-electron chi connectivity index (χ3n) is 3.22. The third-order valence-corrected chi connectivity index (χ3v) is 4.43. The van der Waals surface area contributed by atoms with Crippen LogP contribution in [0.5, 0.6) is 5.75 Å². The second kappa shape index (κ2) is 10.6. The molecule has 0 aliphatic rings. The van der Waals surface area contributed by atoms with Crippen LogP contribution < -0.4 is 15.8 Å². The number of carbonyl (C=O) groups excluding carboxylic acids is 1. The van der Waals surface area contributed by atoms with Gasteiger partial charge in [-0.2, -0.15) is 0 Å². The summed E-state index contributed by atoms with van der Waals surface area (Å²) in [5.41, 5.74) is 6.28. The summed E-state index contributed by atoms with van der Waals surface area (Å²) in [6.07, 6.45) is 0. The molecular weight excluding hydrogens is 407 g/mol. The minimum Gasteiger partial charge on any atom is -0.494 e. The molecular formula is C16H21Cl2F2N3O2S. The van der Waals surface area contributed by atoms with Gasteiger partial charge in [0.15, 0.2) is 0 Å². The third kappa shape index (κ3) is 6.35. The van der Waals surface area contributed by atoms with Crippen LogP contribution in [0.2, 0.25) is 0 Å². The zero-order valence-electron chi connectivity index (χ0n) is 14.3. The van der Waals surface area contributed by atoms with Crippen molar-refractivity contribution in [1.82, 2.24) is 10.3 Å². The fourth-order valence-electron chi connectivity index (χ4n) is 1.95. The van der Waals surface area contributed by atoms with Gasteiger partial charge in [-0.25, -0.2) is 13.8 Å². The van der Waals surface area contributed by atoms with Crippen LogP contribution in [-0.4, -0.2) is 36.5 Å². The maximum Gasteiger partial charge on any atom is 0.277 e. The average molecular weight is 428 g/mol. The number of hydrogen-bond acceptors (Lipinski definition) is 5. The largest absolute Gasteiger partial charge is 0.494 e. The Hall–Kier alpha value is -1.48. The maximum absolute atomic E-state index is 13.1. The van der Waals surface area contributed by atoms with Crippen LogP contribution in [-0.2, 0) is 0 Å². The molecule has 5 nitrogen and oxygen atoms in total. The van der Waals surface area contributed by atoms with Gasteiger partial charge in [-0.15, -0.1) is 36.2 Å². The summed E-state index contributed by atoms with van der Waals surface area (Å²) < 4.78 is 31.6. The summed E-state index contributed by atoms with van der Waals surface area (Å²) in [4.78, 5) is 16.7. The summed E-state index contributed by atoms with van der Waals surface area (Å²) in [7, 11) is 0. The van der Waals surface area contributed by atoms with Gasteiger partial charge in [0, 0.05) is 5.56 Å². The van der Waals surface area contributed by atoms with Crippen molar-refractivity contribution >= 4 is 42.1 Å². The van der Waals surface area contributed by atoms with Gasteiger partial charge < -0.3 is 15.8 Å². The molecule has 0 fully saturated rings. The van der Waals surface area contributed by atoms with Crippen LogP contribution in [0.25, 0.3) is 10.6 Å². The van der Waals surface area contributed by atoms with Crippen molar-refractivity contribution in [1.29, 1.82) is 0 Å². The van der Waals surface area contributed by atoms with Gasteiger partial charge in [-0.05, 0) is 38.1 Å². The highest BCUT2D eigenvalue weighted by Crippen LogP contribution is 2.29.